The first-order valence-electron chi connectivity index (χ1n) is 6.51. The molecule has 1 fully saturated rings. The highest BCUT2D eigenvalue weighted by molar-refractivity contribution is 9.09. The third kappa shape index (κ3) is 2.23. The van der Waals surface area contributed by atoms with Crippen LogP contribution in [-0.2, 0) is 0 Å². The molecule has 5 heteroatoms. The number of alkyl halides is 1. The summed E-state index contributed by atoms with van der Waals surface area (Å²) in [5, 5.41) is 5.17. The van der Waals surface area contributed by atoms with Crippen molar-refractivity contribution in [3.05, 3.63) is 24.5 Å². The van der Waals surface area contributed by atoms with E-state index in [1.807, 2.05) is 16.8 Å². The van der Waals surface area contributed by atoms with Crippen molar-refractivity contribution in [2.45, 2.75) is 31.7 Å². The van der Waals surface area contributed by atoms with Gasteiger partial charge in [0.25, 0.3) is 0 Å². The van der Waals surface area contributed by atoms with Crippen LogP contribution in [0.25, 0.3) is 5.65 Å². The van der Waals surface area contributed by atoms with Crippen molar-refractivity contribution in [2.75, 3.05) is 16.8 Å². The third-order valence-corrected chi connectivity index (χ3v) is 3.98. The molecule has 3 rings (SSSR count). The van der Waals surface area contributed by atoms with Gasteiger partial charge in [-0.15, -0.1) is 0 Å². The molecule has 1 aliphatic carbocycles. The lowest BCUT2D eigenvalue weighted by atomic mass is 10.2. The monoisotopic (exact) mass is 308 g/mol. The average Bonchev–Trinajstić information content (AvgIpc) is 3.05. The molecule has 2 heterocycles. The molecule has 4 nitrogen and oxygen atoms in total. The molecule has 0 amide bonds. The molecule has 0 saturated heterocycles. The van der Waals surface area contributed by atoms with Crippen molar-refractivity contribution in [3.8, 4) is 0 Å². The third-order valence-electron chi connectivity index (χ3n) is 3.63. The lowest BCUT2D eigenvalue weighted by Crippen LogP contribution is -2.35. The van der Waals surface area contributed by atoms with Gasteiger partial charge in [-0.1, -0.05) is 28.8 Å². The number of nitrogens with zero attached hydrogens (tertiary/aromatic N) is 4. The van der Waals surface area contributed by atoms with Crippen LogP contribution in [0.5, 0.6) is 0 Å². The van der Waals surface area contributed by atoms with E-state index in [4.69, 9.17) is 4.98 Å². The Labute approximate surface area is 115 Å². The summed E-state index contributed by atoms with van der Waals surface area (Å²) in [7, 11) is 0. The molecular formula is C13H17BrN4. The van der Waals surface area contributed by atoms with E-state index in [0.29, 0.717) is 6.04 Å². The van der Waals surface area contributed by atoms with Crippen LogP contribution in [0.15, 0.2) is 24.5 Å². The maximum absolute atomic E-state index is 4.70. The number of aromatic nitrogens is 3. The highest BCUT2D eigenvalue weighted by Crippen LogP contribution is 2.27. The zero-order chi connectivity index (χ0) is 12.4. The van der Waals surface area contributed by atoms with Crippen molar-refractivity contribution in [1.29, 1.82) is 0 Å². The zero-order valence-corrected chi connectivity index (χ0v) is 11.9. The topological polar surface area (TPSA) is 33.4 Å². The van der Waals surface area contributed by atoms with Crippen molar-refractivity contribution in [1.82, 2.24) is 14.6 Å². The second-order valence-electron chi connectivity index (χ2n) is 4.74. The number of rotatable bonds is 4. The second kappa shape index (κ2) is 5.26. The molecule has 0 N–H and O–H groups in total. The number of anilines is 1. The van der Waals surface area contributed by atoms with E-state index in [2.05, 4.69) is 32.0 Å². The van der Waals surface area contributed by atoms with Crippen molar-refractivity contribution >= 4 is 27.4 Å². The number of fused-ring (bicyclic) bond motifs is 1. The van der Waals surface area contributed by atoms with Gasteiger partial charge in [0.1, 0.15) is 5.82 Å². The molecule has 0 bridgehead atoms. The molecular weight excluding hydrogens is 292 g/mol. The van der Waals surface area contributed by atoms with Gasteiger partial charge in [0, 0.05) is 30.2 Å². The van der Waals surface area contributed by atoms with Gasteiger partial charge in [0.2, 0.25) is 0 Å². The van der Waals surface area contributed by atoms with E-state index in [-0.39, 0.29) is 0 Å². The van der Waals surface area contributed by atoms with Gasteiger partial charge in [-0.05, 0) is 18.9 Å². The first-order chi connectivity index (χ1) is 8.88. The molecule has 0 unspecified atom stereocenters. The fourth-order valence-electron chi connectivity index (χ4n) is 2.75. The Morgan fingerprint density at radius 2 is 2.17 bits per heavy atom. The molecule has 2 aromatic rings. The van der Waals surface area contributed by atoms with Gasteiger partial charge in [0.15, 0.2) is 5.65 Å². The molecule has 1 aliphatic rings. The second-order valence-corrected chi connectivity index (χ2v) is 5.53. The summed E-state index contributed by atoms with van der Waals surface area (Å²) in [5.41, 5.74) is 0.921. The summed E-state index contributed by atoms with van der Waals surface area (Å²) in [6.07, 6.45) is 9.05. The minimum absolute atomic E-state index is 0.653. The zero-order valence-electron chi connectivity index (χ0n) is 10.3. The molecule has 0 aromatic carbocycles. The van der Waals surface area contributed by atoms with Crippen LogP contribution in [0.3, 0.4) is 0 Å². The standard InChI is InChI=1S/C13H17BrN4/c14-7-10-17(11-3-1-2-4-11)12-6-9-18-13(16-12)5-8-15-18/h5-6,8-9,11H,1-4,7,10H2. The van der Waals surface area contributed by atoms with Crippen LogP contribution in [0.2, 0.25) is 0 Å². The van der Waals surface area contributed by atoms with E-state index in [1.165, 1.54) is 25.7 Å². The lowest BCUT2D eigenvalue weighted by molar-refractivity contribution is 0.615. The molecule has 96 valence electrons. The van der Waals surface area contributed by atoms with Crippen molar-refractivity contribution in [3.63, 3.8) is 0 Å². The minimum Gasteiger partial charge on any atom is -0.353 e. The Bertz CT molecular complexity index is 518. The smallest absolute Gasteiger partial charge is 0.157 e. The van der Waals surface area contributed by atoms with E-state index in [0.717, 1.165) is 23.3 Å². The summed E-state index contributed by atoms with van der Waals surface area (Å²) in [5.74, 6) is 1.08. The minimum atomic E-state index is 0.653. The Kier molecular flexibility index (Phi) is 3.50. The Balaban J connectivity index is 1.92. The average molecular weight is 309 g/mol. The predicted octanol–water partition coefficient (Wildman–Crippen LogP) is 2.87. The van der Waals surface area contributed by atoms with E-state index in [1.54, 1.807) is 6.20 Å². The highest BCUT2D eigenvalue weighted by atomic mass is 79.9. The summed E-state index contributed by atoms with van der Waals surface area (Å²) in [4.78, 5) is 7.14. The molecule has 0 spiro atoms. The van der Waals surface area contributed by atoms with Crippen LogP contribution in [0.4, 0.5) is 5.82 Å². The van der Waals surface area contributed by atoms with E-state index < -0.39 is 0 Å². The van der Waals surface area contributed by atoms with Crippen LogP contribution >= 0.6 is 15.9 Å². The summed E-state index contributed by atoms with van der Waals surface area (Å²) < 4.78 is 1.81. The largest absolute Gasteiger partial charge is 0.353 e. The first kappa shape index (κ1) is 12.0. The quantitative estimate of drug-likeness (QED) is 0.814. The Hall–Kier alpha value is -1.10. The van der Waals surface area contributed by atoms with Gasteiger partial charge < -0.3 is 4.90 Å². The molecule has 0 aliphatic heterocycles. The predicted molar refractivity (Wildman–Crippen MR) is 76.4 cm³/mol. The lowest BCUT2D eigenvalue weighted by Gasteiger charge is -2.29. The Morgan fingerprint density at radius 3 is 2.94 bits per heavy atom. The molecule has 0 radical (unpaired) electrons. The number of hydrogen-bond acceptors (Lipinski definition) is 3. The fraction of sp³-hybridized carbons (Fsp3) is 0.538. The molecule has 0 atom stereocenters. The van der Waals surface area contributed by atoms with Crippen LogP contribution < -0.4 is 4.90 Å². The van der Waals surface area contributed by atoms with Gasteiger partial charge in [-0.2, -0.15) is 5.10 Å². The maximum atomic E-state index is 4.70. The van der Waals surface area contributed by atoms with Crippen LogP contribution in [-0.4, -0.2) is 32.5 Å². The molecule has 18 heavy (non-hydrogen) atoms. The van der Waals surface area contributed by atoms with Crippen molar-refractivity contribution in [2.24, 2.45) is 0 Å². The number of hydrogen-bond donors (Lipinski definition) is 0. The molecule has 2 aromatic heterocycles. The highest BCUT2D eigenvalue weighted by Gasteiger charge is 2.23. The van der Waals surface area contributed by atoms with Gasteiger partial charge in [0.05, 0.1) is 6.20 Å². The first-order valence-corrected chi connectivity index (χ1v) is 7.63. The van der Waals surface area contributed by atoms with Gasteiger partial charge in [-0.3, -0.25) is 0 Å². The summed E-state index contributed by atoms with van der Waals surface area (Å²) in [6, 6.07) is 4.67. The maximum Gasteiger partial charge on any atom is 0.157 e. The normalized spacial score (nSPS) is 16.5. The summed E-state index contributed by atoms with van der Waals surface area (Å²) in [6.45, 7) is 1.02. The van der Waals surface area contributed by atoms with Crippen LogP contribution in [0, 0.1) is 0 Å². The van der Waals surface area contributed by atoms with Gasteiger partial charge >= 0.3 is 0 Å². The molecule has 1 saturated carbocycles. The van der Waals surface area contributed by atoms with Crippen molar-refractivity contribution < 1.29 is 0 Å². The van der Waals surface area contributed by atoms with E-state index >= 15 is 0 Å². The van der Waals surface area contributed by atoms with Crippen LogP contribution in [0.1, 0.15) is 25.7 Å². The van der Waals surface area contributed by atoms with E-state index in [9.17, 15) is 0 Å². The fourth-order valence-corrected chi connectivity index (χ4v) is 3.14. The summed E-state index contributed by atoms with van der Waals surface area (Å²) >= 11 is 3.55. The van der Waals surface area contributed by atoms with Gasteiger partial charge in [-0.25, -0.2) is 9.50 Å². The SMILES string of the molecule is BrCCN(c1ccn2nccc2n1)C1CCCC1. The Morgan fingerprint density at radius 1 is 1.33 bits per heavy atom. The number of halogens is 1.